The van der Waals surface area contributed by atoms with Crippen molar-refractivity contribution in [1.29, 1.82) is 0 Å². The fraction of sp³-hybridized carbons (Fsp3) is 0.708. The number of benzene rings is 1. The molecular weight excluding hydrogens is 316 g/mol. The molecule has 2 rings (SSSR count). The third-order valence-electron chi connectivity index (χ3n) is 5.53. The van der Waals surface area contributed by atoms with Crippen molar-refractivity contribution in [2.24, 2.45) is 0 Å². The number of rotatable bonds is 15. The number of imidazole rings is 1. The summed E-state index contributed by atoms with van der Waals surface area (Å²) in [6.07, 6.45) is 20.9. The number of hydrogen-bond donors (Lipinski definition) is 1. The Labute approximate surface area is 161 Å². The average Bonchev–Trinajstić information content (AvgIpc) is 3.06. The fourth-order valence-electron chi connectivity index (χ4n) is 3.83. The lowest BCUT2D eigenvalue weighted by molar-refractivity contribution is 0.535. The molecule has 0 saturated heterocycles. The first-order valence-electron chi connectivity index (χ1n) is 11.3. The van der Waals surface area contributed by atoms with Crippen LogP contribution in [0.5, 0.6) is 0 Å². The molecule has 1 heterocycles. The molecule has 0 aliphatic rings. The maximum Gasteiger partial charge on any atom is 0.107 e. The van der Waals surface area contributed by atoms with Crippen LogP contribution in [0.1, 0.15) is 108 Å². The van der Waals surface area contributed by atoms with Crippen molar-refractivity contribution in [3.05, 3.63) is 29.6 Å². The van der Waals surface area contributed by atoms with Crippen LogP contribution >= 0.6 is 0 Å². The van der Waals surface area contributed by atoms with Gasteiger partial charge >= 0.3 is 0 Å². The summed E-state index contributed by atoms with van der Waals surface area (Å²) in [4.78, 5) is 8.23. The van der Waals surface area contributed by atoms with Gasteiger partial charge in [-0.25, -0.2) is 4.98 Å². The Hall–Kier alpha value is -1.31. The highest BCUT2D eigenvalue weighted by Gasteiger charge is 2.04. The number of nitrogens with zero attached hydrogens (tertiary/aromatic N) is 1. The molecule has 2 aromatic rings. The van der Waals surface area contributed by atoms with Crippen molar-refractivity contribution in [1.82, 2.24) is 9.97 Å². The second kappa shape index (κ2) is 12.9. The molecule has 0 spiro atoms. The average molecular weight is 357 g/mol. The Bertz CT molecular complexity index is 599. The van der Waals surface area contributed by atoms with E-state index in [1.807, 2.05) is 0 Å². The molecule has 0 radical (unpaired) electrons. The zero-order chi connectivity index (χ0) is 18.5. The largest absolute Gasteiger partial charge is 0.342 e. The van der Waals surface area contributed by atoms with Crippen LogP contribution in [0.3, 0.4) is 0 Å². The SMILES string of the molecule is CCCCCCCCCCCCCCCCc1nc2c(C)cccc2[nH]1. The van der Waals surface area contributed by atoms with Crippen LogP contribution in [-0.4, -0.2) is 9.97 Å². The van der Waals surface area contributed by atoms with Gasteiger partial charge in [0, 0.05) is 6.42 Å². The number of H-pyrrole nitrogens is 1. The number of fused-ring (bicyclic) bond motifs is 1. The maximum atomic E-state index is 4.76. The molecule has 0 aliphatic heterocycles. The standard InChI is InChI=1S/C24H40N2/c1-3-4-5-6-7-8-9-10-11-12-13-14-15-16-20-23-25-22-19-17-18-21(2)24(22)26-23/h17-19H,3-16,20H2,1-2H3,(H,25,26). The Morgan fingerprint density at radius 2 is 1.27 bits per heavy atom. The second-order valence-electron chi connectivity index (χ2n) is 8.00. The monoisotopic (exact) mass is 356 g/mol. The van der Waals surface area contributed by atoms with E-state index in [-0.39, 0.29) is 0 Å². The summed E-state index contributed by atoms with van der Waals surface area (Å²) in [6, 6.07) is 6.37. The van der Waals surface area contributed by atoms with E-state index in [1.165, 1.54) is 101 Å². The van der Waals surface area contributed by atoms with Crippen LogP contribution in [0.4, 0.5) is 0 Å². The molecule has 0 aliphatic carbocycles. The summed E-state index contributed by atoms with van der Waals surface area (Å²) in [7, 11) is 0. The van der Waals surface area contributed by atoms with Crippen molar-refractivity contribution >= 4 is 11.0 Å². The first-order valence-corrected chi connectivity index (χ1v) is 11.3. The lowest BCUT2D eigenvalue weighted by Crippen LogP contribution is -1.89. The smallest absolute Gasteiger partial charge is 0.107 e. The summed E-state index contributed by atoms with van der Waals surface area (Å²) >= 11 is 0. The van der Waals surface area contributed by atoms with Crippen molar-refractivity contribution in [3.8, 4) is 0 Å². The summed E-state index contributed by atoms with van der Waals surface area (Å²) in [5.74, 6) is 1.16. The van der Waals surface area contributed by atoms with Gasteiger partial charge in [-0.1, -0.05) is 103 Å². The number of nitrogens with one attached hydrogen (secondary N) is 1. The van der Waals surface area contributed by atoms with E-state index in [0.29, 0.717) is 0 Å². The predicted molar refractivity (Wildman–Crippen MR) is 115 cm³/mol. The Morgan fingerprint density at radius 3 is 1.81 bits per heavy atom. The summed E-state index contributed by atoms with van der Waals surface area (Å²) in [5.41, 5.74) is 3.60. The molecule has 0 atom stereocenters. The lowest BCUT2D eigenvalue weighted by atomic mass is 10.0. The van der Waals surface area contributed by atoms with Gasteiger partial charge in [-0.05, 0) is 25.0 Å². The van der Waals surface area contributed by atoms with Crippen molar-refractivity contribution in [3.63, 3.8) is 0 Å². The molecular formula is C24H40N2. The number of aryl methyl sites for hydroxylation is 2. The van der Waals surface area contributed by atoms with Gasteiger partial charge in [0.25, 0.3) is 0 Å². The van der Waals surface area contributed by atoms with Gasteiger partial charge in [0.15, 0.2) is 0 Å². The van der Waals surface area contributed by atoms with Gasteiger partial charge in [-0.2, -0.15) is 0 Å². The minimum atomic E-state index is 1.09. The predicted octanol–water partition coefficient (Wildman–Crippen LogP) is 7.90. The molecule has 26 heavy (non-hydrogen) atoms. The van der Waals surface area contributed by atoms with Crippen LogP contribution in [0.15, 0.2) is 18.2 Å². The summed E-state index contributed by atoms with van der Waals surface area (Å²) in [5, 5.41) is 0. The second-order valence-corrected chi connectivity index (χ2v) is 8.00. The highest BCUT2D eigenvalue weighted by molar-refractivity contribution is 5.78. The van der Waals surface area contributed by atoms with E-state index in [1.54, 1.807) is 0 Å². The quantitative estimate of drug-likeness (QED) is 0.323. The zero-order valence-corrected chi connectivity index (χ0v) is 17.3. The fourth-order valence-corrected chi connectivity index (χ4v) is 3.83. The van der Waals surface area contributed by atoms with E-state index in [0.717, 1.165) is 17.8 Å². The van der Waals surface area contributed by atoms with Gasteiger partial charge < -0.3 is 4.98 Å². The Morgan fingerprint density at radius 1 is 0.731 bits per heavy atom. The van der Waals surface area contributed by atoms with Crippen molar-refractivity contribution < 1.29 is 0 Å². The Kier molecular flexibility index (Phi) is 10.5. The van der Waals surface area contributed by atoms with Crippen LogP contribution < -0.4 is 0 Å². The number of para-hydroxylation sites is 1. The minimum absolute atomic E-state index is 1.09. The highest BCUT2D eigenvalue weighted by Crippen LogP contribution is 2.17. The van der Waals surface area contributed by atoms with Crippen molar-refractivity contribution in [2.75, 3.05) is 0 Å². The van der Waals surface area contributed by atoms with Gasteiger partial charge in [-0.15, -0.1) is 0 Å². The van der Waals surface area contributed by atoms with Gasteiger partial charge in [0.2, 0.25) is 0 Å². The molecule has 146 valence electrons. The van der Waals surface area contributed by atoms with E-state index in [2.05, 4.69) is 37.0 Å². The molecule has 0 fully saturated rings. The van der Waals surface area contributed by atoms with E-state index < -0.39 is 0 Å². The van der Waals surface area contributed by atoms with Crippen LogP contribution in [0, 0.1) is 6.92 Å². The Balaban J connectivity index is 1.41. The van der Waals surface area contributed by atoms with E-state index in [9.17, 15) is 0 Å². The maximum absolute atomic E-state index is 4.76. The topological polar surface area (TPSA) is 28.7 Å². The van der Waals surface area contributed by atoms with Crippen LogP contribution in [-0.2, 0) is 6.42 Å². The number of hydrogen-bond acceptors (Lipinski definition) is 1. The molecule has 0 amide bonds. The van der Waals surface area contributed by atoms with Crippen molar-refractivity contribution in [2.45, 2.75) is 110 Å². The van der Waals surface area contributed by atoms with Gasteiger partial charge in [-0.3, -0.25) is 0 Å². The third kappa shape index (κ3) is 7.93. The molecule has 2 heteroatoms. The van der Waals surface area contributed by atoms with Gasteiger partial charge in [0.1, 0.15) is 5.82 Å². The summed E-state index contributed by atoms with van der Waals surface area (Å²) < 4.78 is 0. The highest BCUT2D eigenvalue weighted by atomic mass is 14.9. The first-order chi connectivity index (χ1) is 12.8. The molecule has 1 aromatic heterocycles. The zero-order valence-electron chi connectivity index (χ0n) is 17.3. The van der Waals surface area contributed by atoms with E-state index in [4.69, 9.17) is 4.98 Å². The van der Waals surface area contributed by atoms with Gasteiger partial charge in [0.05, 0.1) is 11.0 Å². The number of unbranched alkanes of at least 4 members (excludes halogenated alkanes) is 13. The molecule has 0 unspecified atom stereocenters. The molecule has 1 aromatic carbocycles. The minimum Gasteiger partial charge on any atom is -0.342 e. The molecule has 0 saturated carbocycles. The summed E-state index contributed by atoms with van der Waals surface area (Å²) in [6.45, 7) is 4.43. The molecule has 1 N–H and O–H groups in total. The number of aromatic nitrogens is 2. The first kappa shape index (κ1) is 21.0. The van der Waals surface area contributed by atoms with E-state index >= 15 is 0 Å². The third-order valence-corrected chi connectivity index (χ3v) is 5.53. The number of aromatic amines is 1. The van der Waals surface area contributed by atoms with Crippen LogP contribution in [0.25, 0.3) is 11.0 Å². The van der Waals surface area contributed by atoms with Crippen LogP contribution in [0.2, 0.25) is 0 Å². The normalized spacial score (nSPS) is 11.5. The lowest BCUT2D eigenvalue weighted by Gasteiger charge is -2.03. The molecule has 2 nitrogen and oxygen atoms in total. The molecule has 0 bridgehead atoms.